The highest BCUT2D eigenvalue weighted by Crippen LogP contribution is 2.12. The predicted molar refractivity (Wildman–Crippen MR) is 93.4 cm³/mol. The summed E-state index contributed by atoms with van der Waals surface area (Å²) >= 11 is 0. The Kier molecular flexibility index (Phi) is 6.38. The minimum atomic E-state index is -0.0415. The Balaban J connectivity index is 1.46. The van der Waals surface area contributed by atoms with Crippen LogP contribution in [0.15, 0.2) is 24.3 Å². The quantitative estimate of drug-likeness (QED) is 0.806. The van der Waals surface area contributed by atoms with Crippen LogP contribution in [0.2, 0.25) is 0 Å². The van der Waals surface area contributed by atoms with E-state index in [0.29, 0.717) is 52.4 Å². The number of benzene rings is 1. The molecule has 2 saturated heterocycles. The third kappa shape index (κ3) is 5.52. The zero-order valence-corrected chi connectivity index (χ0v) is 14.3. The Morgan fingerprint density at radius 3 is 2.56 bits per heavy atom. The van der Waals surface area contributed by atoms with Crippen LogP contribution in [0, 0.1) is 0 Å². The molecule has 25 heavy (non-hydrogen) atoms. The van der Waals surface area contributed by atoms with Gasteiger partial charge in [-0.3, -0.25) is 9.59 Å². The maximum Gasteiger partial charge on any atom is 0.227 e. The highest BCUT2D eigenvalue weighted by molar-refractivity contribution is 5.91. The molecule has 3 rings (SSSR count). The number of nitrogens with zero attached hydrogens (tertiary/aromatic N) is 1. The lowest BCUT2D eigenvalue weighted by atomic mass is 10.1. The fraction of sp³-hybridized carbons (Fsp3) is 0.556. The van der Waals surface area contributed by atoms with Crippen molar-refractivity contribution in [1.82, 2.24) is 10.2 Å². The highest BCUT2D eigenvalue weighted by Gasteiger charge is 2.18. The minimum absolute atomic E-state index is 0.0415. The van der Waals surface area contributed by atoms with E-state index in [1.165, 1.54) is 0 Å². The molecule has 2 N–H and O–H groups in total. The molecule has 7 heteroatoms. The Bertz CT molecular complexity index is 578. The van der Waals surface area contributed by atoms with Crippen molar-refractivity contribution in [2.75, 3.05) is 51.4 Å². The van der Waals surface area contributed by atoms with E-state index >= 15 is 0 Å². The van der Waals surface area contributed by atoms with Gasteiger partial charge in [0.1, 0.15) is 0 Å². The van der Waals surface area contributed by atoms with Crippen LogP contribution in [0.25, 0.3) is 0 Å². The van der Waals surface area contributed by atoms with E-state index in [2.05, 4.69) is 10.6 Å². The Morgan fingerprint density at radius 2 is 1.88 bits per heavy atom. The van der Waals surface area contributed by atoms with Gasteiger partial charge in [0.15, 0.2) is 0 Å². The molecule has 0 bridgehead atoms. The van der Waals surface area contributed by atoms with Crippen LogP contribution in [-0.2, 0) is 25.5 Å². The topological polar surface area (TPSA) is 79.9 Å². The van der Waals surface area contributed by atoms with Crippen molar-refractivity contribution in [3.8, 4) is 0 Å². The number of carbonyl (C=O) groups is 2. The normalized spacial score (nSPS) is 21.0. The van der Waals surface area contributed by atoms with Gasteiger partial charge in [0.2, 0.25) is 11.8 Å². The predicted octanol–water partition coefficient (Wildman–Crippen LogP) is 0.405. The van der Waals surface area contributed by atoms with Gasteiger partial charge in [0, 0.05) is 37.8 Å². The highest BCUT2D eigenvalue weighted by atomic mass is 16.5. The first-order chi connectivity index (χ1) is 12.2. The van der Waals surface area contributed by atoms with Gasteiger partial charge >= 0.3 is 0 Å². The second kappa shape index (κ2) is 8.94. The average Bonchev–Trinajstić information content (AvgIpc) is 2.65. The number of rotatable bonds is 5. The van der Waals surface area contributed by atoms with Crippen LogP contribution in [0.3, 0.4) is 0 Å². The van der Waals surface area contributed by atoms with Gasteiger partial charge in [-0.05, 0) is 17.7 Å². The summed E-state index contributed by atoms with van der Waals surface area (Å²) in [6, 6.07) is 7.51. The molecule has 2 aliphatic heterocycles. The third-order valence-electron chi connectivity index (χ3n) is 4.39. The van der Waals surface area contributed by atoms with E-state index in [0.717, 1.165) is 17.8 Å². The Hall–Kier alpha value is -1.96. The van der Waals surface area contributed by atoms with E-state index < -0.39 is 0 Å². The summed E-state index contributed by atoms with van der Waals surface area (Å²) in [6.45, 7) is 4.58. The number of carbonyl (C=O) groups excluding carboxylic acids is 2. The zero-order chi connectivity index (χ0) is 17.5. The Morgan fingerprint density at radius 1 is 1.12 bits per heavy atom. The molecule has 2 amide bonds. The standard InChI is InChI=1S/C18H25N3O4/c22-17(12-16-13-25-8-5-19-16)20-15-3-1-14(2-4-15)11-18(23)21-6-9-24-10-7-21/h1-4,16,19H,5-13H2,(H,20,22). The zero-order valence-electron chi connectivity index (χ0n) is 14.3. The fourth-order valence-electron chi connectivity index (χ4n) is 2.99. The molecule has 136 valence electrons. The first-order valence-corrected chi connectivity index (χ1v) is 8.76. The summed E-state index contributed by atoms with van der Waals surface area (Å²) in [7, 11) is 0. The van der Waals surface area contributed by atoms with Crippen LogP contribution in [-0.4, -0.2) is 68.8 Å². The third-order valence-corrected chi connectivity index (χ3v) is 4.39. The molecule has 0 spiro atoms. The van der Waals surface area contributed by atoms with Crippen molar-refractivity contribution in [1.29, 1.82) is 0 Å². The molecule has 1 atom stereocenters. The number of nitrogens with one attached hydrogen (secondary N) is 2. The second-order valence-corrected chi connectivity index (χ2v) is 6.35. The van der Waals surface area contributed by atoms with Gasteiger partial charge in [-0.25, -0.2) is 0 Å². The first kappa shape index (κ1) is 17.8. The average molecular weight is 347 g/mol. The van der Waals surface area contributed by atoms with Crippen LogP contribution < -0.4 is 10.6 Å². The van der Waals surface area contributed by atoms with Crippen molar-refractivity contribution in [2.24, 2.45) is 0 Å². The van der Waals surface area contributed by atoms with Crippen molar-refractivity contribution < 1.29 is 19.1 Å². The van der Waals surface area contributed by atoms with Crippen molar-refractivity contribution in [3.05, 3.63) is 29.8 Å². The molecule has 0 radical (unpaired) electrons. The molecule has 7 nitrogen and oxygen atoms in total. The number of morpholine rings is 2. The molecule has 1 aromatic rings. The van der Waals surface area contributed by atoms with Gasteiger partial charge in [-0.15, -0.1) is 0 Å². The number of amides is 2. The molecule has 0 aromatic heterocycles. The van der Waals surface area contributed by atoms with Gasteiger partial charge < -0.3 is 25.0 Å². The van der Waals surface area contributed by atoms with E-state index in [9.17, 15) is 9.59 Å². The monoisotopic (exact) mass is 347 g/mol. The van der Waals surface area contributed by atoms with Gasteiger partial charge in [0.25, 0.3) is 0 Å². The van der Waals surface area contributed by atoms with E-state index in [-0.39, 0.29) is 17.9 Å². The molecule has 1 unspecified atom stereocenters. The second-order valence-electron chi connectivity index (χ2n) is 6.35. The van der Waals surface area contributed by atoms with Crippen molar-refractivity contribution in [2.45, 2.75) is 18.9 Å². The largest absolute Gasteiger partial charge is 0.378 e. The lowest BCUT2D eigenvalue weighted by molar-refractivity contribution is -0.134. The summed E-state index contributed by atoms with van der Waals surface area (Å²) in [6.07, 6.45) is 0.759. The maximum absolute atomic E-state index is 12.2. The molecule has 0 aliphatic carbocycles. The SMILES string of the molecule is O=C(CC1COCCN1)Nc1ccc(CC(=O)N2CCOCC2)cc1. The van der Waals surface area contributed by atoms with Gasteiger partial charge in [0.05, 0.1) is 32.8 Å². The van der Waals surface area contributed by atoms with E-state index in [4.69, 9.17) is 9.47 Å². The molecular formula is C18H25N3O4. The van der Waals surface area contributed by atoms with Crippen LogP contribution >= 0.6 is 0 Å². The molecular weight excluding hydrogens is 322 g/mol. The van der Waals surface area contributed by atoms with E-state index in [1.54, 1.807) is 0 Å². The van der Waals surface area contributed by atoms with Crippen LogP contribution in [0.5, 0.6) is 0 Å². The van der Waals surface area contributed by atoms with E-state index in [1.807, 2.05) is 29.2 Å². The van der Waals surface area contributed by atoms with Gasteiger partial charge in [-0.2, -0.15) is 0 Å². The summed E-state index contributed by atoms with van der Waals surface area (Å²) in [5, 5.41) is 6.15. The summed E-state index contributed by atoms with van der Waals surface area (Å²) in [4.78, 5) is 26.1. The van der Waals surface area contributed by atoms with Crippen molar-refractivity contribution >= 4 is 17.5 Å². The minimum Gasteiger partial charge on any atom is -0.378 e. The number of hydrogen-bond acceptors (Lipinski definition) is 5. The lowest BCUT2D eigenvalue weighted by Crippen LogP contribution is -2.43. The number of anilines is 1. The van der Waals surface area contributed by atoms with Crippen LogP contribution in [0.4, 0.5) is 5.69 Å². The van der Waals surface area contributed by atoms with Crippen LogP contribution in [0.1, 0.15) is 12.0 Å². The number of ether oxygens (including phenoxy) is 2. The maximum atomic E-state index is 12.2. The lowest BCUT2D eigenvalue weighted by Gasteiger charge is -2.26. The fourth-order valence-corrected chi connectivity index (χ4v) is 2.99. The summed E-state index contributed by atoms with van der Waals surface area (Å²) < 4.78 is 10.6. The Labute approximate surface area is 147 Å². The smallest absolute Gasteiger partial charge is 0.227 e. The molecule has 2 fully saturated rings. The van der Waals surface area contributed by atoms with Gasteiger partial charge in [-0.1, -0.05) is 12.1 Å². The summed E-state index contributed by atoms with van der Waals surface area (Å²) in [5.41, 5.74) is 1.68. The van der Waals surface area contributed by atoms with Crippen molar-refractivity contribution in [3.63, 3.8) is 0 Å². The number of hydrogen-bond donors (Lipinski definition) is 2. The summed E-state index contributed by atoms with van der Waals surface area (Å²) in [5.74, 6) is 0.0728. The molecule has 2 heterocycles. The molecule has 1 aromatic carbocycles. The molecule has 2 aliphatic rings. The first-order valence-electron chi connectivity index (χ1n) is 8.76. The molecule has 0 saturated carbocycles.